The quantitative estimate of drug-likeness (QED) is 0.628. The molecule has 0 saturated carbocycles. The predicted molar refractivity (Wildman–Crippen MR) is 64.2 cm³/mol. The van der Waals surface area contributed by atoms with Crippen molar-refractivity contribution in [2.75, 3.05) is 12.4 Å². The molecule has 0 atom stereocenters. The van der Waals surface area contributed by atoms with E-state index in [0.29, 0.717) is 0 Å². The minimum absolute atomic E-state index is 1.07. The summed E-state index contributed by atoms with van der Waals surface area (Å²) in [5.41, 5.74) is 6.87. The third kappa shape index (κ3) is 1.23. The molecule has 1 nitrogen and oxygen atoms in total. The molecular formula is C14H13N. The molecule has 2 aromatic carbocycles. The molecule has 0 heterocycles. The molecule has 0 bridgehead atoms. The fourth-order valence-corrected chi connectivity index (χ4v) is 2.30. The minimum atomic E-state index is 1.07. The normalized spacial score (nSPS) is 12.1. The van der Waals surface area contributed by atoms with Gasteiger partial charge < -0.3 is 5.32 Å². The lowest BCUT2D eigenvalue weighted by molar-refractivity contribution is 1.26. The highest BCUT2D eigenvalue weighted by Gasteiger charge is 2.17. The second kappa shape index (κ2) is 3.13. The molecule has 15 heavy (non-hydrogen) atoms. The molecule has 0 aliphatic heterocycles. The summed E-state index contributed by atoms with van der Waals surface area (Å²) in [5, 5.41) is 3.18. The van der Waals surface area contributed by atoms with Crippen molar-refractivity contribution in [3.8, 4) is 11.1 Å². The Balaban J connectivity index is 2.18. The maximum absolute atomic E-state index is 3.18. The highest BCUT2D eigenvalue weighted by Crippen LogP contribution is 2.37. The third-order valence-electron chi connectivity index (χ3n) is 3.08. The number of nitrogens with one attached hydrogen (secondary N) is 1. The number of benzene rings is 2. The average molecular weight is 195 g/mol. The molecule has 3 rings (SSSR count). The van der Waals surface area contributed by atoms with E-state index in [0.717, 1.165) is 6.42 Å². The van der Waals surface area contributed by atoms with E-state index in [1.807, 2.05) is 7.05 Å². The van der Waals surface area contributed by atoms with Gasteiger partial charge in [-0.3, -0.25) is 0 Å². The molecule has 1 aliphatic carbocycles. The first-order valence-electron chi connectivity index (χ1n) is 5.27. The zero-order valence-corrected chi connectivity index (χ0v) is 8.75. The summed E-state index contributed by atoms with van der Waals surface area (Å²) in [6, 6.07) is 15.3. The van der Waals surface area contributed by atoms with Gasteiger partial charge in [-0.25, -0.2) is 0 Å². The monoisotopic (exact) mass is 195 g/mol. The fraction of sp³-hybridized carbons (Fsp3) is 0.143. The Morgan fingerprint density at radius 1 is 0.933 bits per heavy atom. The Hall–Kier alpha value is -1.76. The third-order valence-corrected chi connectivity index (χ3v) is 3.08. The molecule has 1 aliphatic rings. The number of rotatable bonds is 1. The van der Waals surface area contributed by atoms with Crippen molar-refractivity contribution < 1.29 is 0 Å². The molecule has 1 N–H and O–H groups in total. The topological polar surface area (TPSA) is 12.0 Å². The van der Waals surface area contributed by atoms with Crippen LogP contribution in [0.4, 0.5) is 5.69 Å². The van der Waals surface area contributed by atoms with Crippen LogP contribution in [0.15, 0.2) is 42.5 Å². The van der Waals surface area contributed by atoms with Gasteiger partial charge in [-0.1, -0.05) is 30.3 Å². The maximum Gasteiger partial charge on any atom is 0.0340 e. The van der Waals surface area contributed by atoms with Gasteiger partial charge in [0.15, 0.2) is 0 Å². The molecule has 74 valence electrons. The van der Waals surface area contributed by atoms with Crippen LogP contribution >= 0.6 is 0 Å². The Morgan fingerprint density at radius 2 is 1.73 bits per heavy atom. The van der Waals surface area contributed by atoms with Crippen LogP contribution in [0.3, 0.4) is 0 Å². The summed E-state index contributed by atoms with van der Waals surface area (Å²) in [7, 11) is 1.96. The first-order valence-corrected chi connectivity index (χ1v) is 5.27. The van der Waals surface area contributed by atoms with E-state index < -0.39 is 0 Å². The summed E-state index contributed by atoms with van der Waals surface area (Å²) in [5.74, 6) is 0. The second-order valence-electron chi connectivity index (χ2n) is 3.96. The summed E-state index contributed by atoms with van der Waals surface area (Å²) in [6.45, 7) is 0. The number of hydrogen-bond acceptors (Lipinski definition) is 1. The van der Waals surface area contributed by atoms with Crippen LogP contribution in [-0.4, -0.2) is 7.05 Å². The lowest BCUT2D eigenvalue weighted by atomic mass is 10.1. The van der Waals surface area contributed by atoms with Gasteiger partial charge in [-0.15, -0.1) is 0 Å². The standard InChI is InChI=1S/C14H13N/c1-15-12-6-7-14-11(9-12)8-10-4-2-3-5-13(10)14/h2-7,9,15H,8H2,1H3. The van der Waals surface area contributed by atoms with Crippen molar-refractivity contribution in [3.05, 3.63) is 53.6 Å². The van der Waals surface area contributed by atoms with Crippen molar-refractivity contribution in [1.82, 2.24) is 0 Å². The van der Waals surface area contributed by atoms with Gasteiger partial charge in [0.2, 0.25) is 0 Å². The van der Waals surface area contributed by atoms with E-state index in [1.54, 1.807) is 0 Å². The van der Waals surface area contributed by atoms with Gasteiger partial charge in [-0.2, -0.15) is 0 Å². The van der Waals surface area contributed by atoms with Crippen LogP contribution < -0.4 is 5.32 Å². The summed E-state index contributed by atoms with van der Waals surface area (Å²) in [6.07, 6.45) is 1.07. The van der Waals surface area contributed by atoms with E-state index in [-0.39, 0.29) is 0 Å². The molecule has 1 heteroatoms. The molecule has 0 radical (unpaired) electrons. The summed E-state index contributed by atoms with van der Waals surface area (Å²) < 4.78 is 0. The Labute approximate surface area is 89.8 Å². The molecule has 0 amide bonds. The number of fused-ring (bicyclic) bond motifs is 3. The molecule has 0 unspecified atom stereocenters. The Morgan fingerprint density at radius 3 is 2.60 bits per heavy atom. The van der Waals surface area contributed by atoms with Crippen LogP contribution in [-0.2, 0) is 6.42 Å². The predicted octanol–water partition coefficient (Wildman–Crippen LogP) is 3.30. The first-order chi connectivity index (χ1) is 7.38. The lowest BCUT2D eigenvalue weighted by Gasteiger charge is -2.03. The van der Waals surface area contributed by atoms with E-state index in [4.69, 9.17) is 0 Å². The Bertz CT molecular complexity index is 514. The fourth-order valence-electron chi connectivity index (χ4n) is 2.30. The van der Waals surface area contributed by atoms with Crippen LogP contribution in [0.2, 0.25) is 0 Å². The molecule has 0 aromatic heterocycles. The minimum Gasteiger partial charge on any atom is -0.388 e. The number of anilines is 1. The van der Waals surface area contributed by atoms with Gasteiger partial charge >= 0.3 is 0 Å². The first kappa shape index (κ1) is 8.54. The van der Waals surface area contributed by atoms with Crippen LogP contribution in [0.25, 0.3) is 11.1 Å². The van der Waals surface area contributed by atoms with Crippen LogP contribution in [0.5, 0.6) is 0 Å². The van der Waals surface area contributed by atoms with Gasteiger partial charge in [0, 0.05) is 12.7 Å². The average Bonchev–Trinajstić information content (AvgIpc) is 2.66. The van der Waals surface area contributed by atoms with E-state index in [2.05, 4.69) is 47.8 Å². The molecular weight excluding hydrogens is 182 g/mol. The van der Waals surface area contributed by atoms with Crippen molar-refractivity contribution in [2.24, 2.45) is 0 Å². The maximum atomic E-state index is 3.18. The van der Waals surface area contributed by atoms with Crippen LogP contribution in [0, 0.1) is 0 Å². The Kier molecular flexibility index (Phi) is 1.78. The van der Waals surface area contributed by atoms with E-state index in [9.17, 15) is 0 Å². The van der Waals surface area contributed by atoms with E-state index >= 15 is 0 Å². The summed E-state index contributed by atoms with van der Waals surface area (Å²) in [4.78, 5) is 0. The molecule has 2 aromatic rings. The van der Waals surface area contributed by atoms with Crippen molar-refractivity contribution in [2.45, 2.75) is 6.42 Å². The summed E-state index contributed by atoms with van der Waals surface area (Å²) >= 11 is 0. The zero-order chi connectivity index (χ0) is 10.3. The smallest absolute Gasteiger partial charge is 0.0340 e. The highest BCUT2D eigenvalue weighted by molar-refractivity contribution is 5.78. The van der Waals surface area contributed by atoms with Crippen LogP contribution in [0.1, 0.15) is 11.1 Å². The molecule has 0 saturated heterocycles. The van der Waals surface area contributed by atoms with Gasteiger partial charge in [0.05, 0.1) is 0 Å². The molecule has 0 spiro atoms. The molecule has 0 fully saturated rings. The highest BCUT2D eigenvalue weighted by atomic mass is 14.8. The van der Waals surface area contributed by atoms with Gasteiger partial charge in [-0.05, 0) is 40.8 Å². The van der Waals surface area contributed by atoms with Gasteiger partial charge in [0.25, 0.3) is 0 Å². The van der Waals surface area contributed by atoms with Crippen molar-refractivity contribution in [1.29, 1.82) is 0 Å². The zero-order valence-electron chi connectivity index (χ0n) is 8.75. The second-order valence-corrected chi connectivity index (χ2v) is 3.96. The lowest BCUT2D eigenvalue weighted by Crippen LogP contribution is -1.89. The number of hydrogen-bond donors (Lipinski definition) is 1. The van der Waals surface area contributed by atoms with E-state index in [1.165, 1.54) is 27.9 Å². The van der Waals surface area contributed by atoms with Crippen molar-refractivity contribution in [3.63, 3.8) is 0 Å². The van der Waals surface area contributed by atoms with Gasteiger partial charge in [0.1, 0.15) is 0 Å². The largest absolute Gasteiger partial charge is 0.388 e. The van der Waals surface area contributed by atoms with Crippen molar-refractivity contribution >= 4 is 5.69 Å². The SMILES string of the molecule is CNc1ccc2c(c1)Cc1ccccc1-2.